The third-order valence-electron chi connectivity index (χ3n) is 16.5. The van der Waals surface area contributed by atoms with Crippen LogP contribution in [0.2, 0.25) is 0 Å². The monoisotopic (exact) mass is 1380 g/mol. The number of pyridine rings is 3. The molecule has 0 spiro atoms. The molecule has 0 saturated carbocycles. The molecule has 102 heavy (non-hydrogen) atoms. The van der Waals surface area contributed by atoms with E-state index in [-0.39, 0.29) is 49.1 Å². The summed E-state index contributed by atoms with van der Waals surface area (Å²) in [6, 6.07) is 27.6. The van der Waals surface area contributed by atoms with E-state index in [0.717, 1.165) is 71.5 Å². The zero-order valence-corrected chi connectivity index (χ0v) is 59.7. The smallest absolute Gasteiger partial charge is 0.270 e. The molecule has 3 aromatic carbocycles. The number of likely N-dealkylation sites (N-methyl/N-ethyl adjacent to an activating group) is 1. The number of nitrogens with one attached hydrogen (secondary N) is 3. The van der Waals surface area contributed by atoms with Crippen LogP contribution in [0.1, 0.15) is 76.7 Å². The Bertz CT molecular complexity index is 5090. The van der Waals surface area contributed by atoms with Gasteiger partial charge >= 0.3 is 0 Å². The minimum absolute atomic E-state index is 0. The van der Waals surface area contributed by atoms with Crippen molar-refractivity contribution in [3.8, 4) is 114 Å². The van der Waals surface area contributed by atoms with Crippen LogP contribution < -0.4 is 47.8 Å². The van der Waals surface area contributed by atoms with Crippen LogP contribution in [-0.2, 0) is 32.7 Å². The highest BCUT2D eigenvalue weighted by Gasteiger charge is 2.23. The van der Waals surface area contributed by atoms with E-state index in [4.69, 9.17) is 38.4 Å². The summed E-state index contributed by atoms with van der Waals surface area (Å²) in [5.41, 5.74) is 19.2. The molecule has 1 unspecified atom stereocenters. The number of anilines is 1. The zero-order valence-electron chi connectivity index (χ0n) is 59.7. The topological polar surface area (TPSA) is 344 Å². The van der Waals surface area contributed by atoms with Crippen LogP contribution in [0, 0.1) is 26.7 Å². The number of hydrogen-bond donors (Lipinski definition) is 4. The molecule has 0 aliphatic carbocycles. The first kappa shape index (κ1) is 73.1. The van der Waals surface area contributed by atoms with Crippen molar-refractivity contribution in [1.82, 2.24) is 95.0 Å². The van der Waals surface area contributed by atoms with E-state index in [1.165, 1.54) is 11.6 Å². The van der Waals surface area contributed by atoms with E-state index < -0.39 is 0 Å². The van der Waals surface area contributed by atoms with Crippen LogP contribution in [0.25, 0.3) is 103 Å². The van der Waals surface area contributed by atoms with E-state index in [1.54, 1.807) is 83.0 Å². The summed E-state index contributed by atoms with van der Waals surface area (Å²) in [5.74, 6) is 3.57. The fourth-order valence-corrected chi connectivity index (χ4v) is 10.9. The number of nitrogen functional groups attached to an aromatic ring is 1. The Morgan fingerprint density at radius 2 is 0.931 bits per heavy atom. The summed E-state index contributed by atoms with van der Waals surface area (Å²) in [7, 11) is 12.8. The first-order valence-electron chi connectivity index (χ1n) is 33.2. The highest BCUT2D eigenvalue weighted by atomic mass is 16.5. The normalized spacial score (nSPS) is 11.5. The lowest BCUT2D eigenvalue weighted by atomic mass is 10.1. The van der Waals surface area contributed by atoms with Crippen LogP contribution in [0.3, 0.4) is 0 Å². The highest BCUT2D eigenvalue weighted by Crippen LogP contribution is 2.36. The van der Waals surface area contributed by atoms with Gasteiger partial charge in [-0.2, -0.15) is 0 Å². The molecule has 28 nitrogen and oxygen atoms in total. The Morgan fingerprint density at radius 3 is 1.39 bits per heavy atom. The van der Waals surface area contributed by atoms with Crippen molar-refractivity contribution in [2.75, 3.05) is 61.7 Å². The molecule has 0 fully saturated rings. The molecule has 532 valence electrons. The number of ether oxygens (including phenoxy) is 2. The number of aryl methyl sites for hydroxylation is 3. The third-order valence-corrected chi connectivity index (χ3v) is 16.5. The number of benzene rings is 3. The van der Waals surface area contributed by atoms with Gasteiger partial charge in [-0.25, -0.2) is 19.9 Å². The van der Waals surface area contributed by atoms with E-state index in [0.29, 0.717) is 105 Å². The number of nitrogens with zero attached hydrogens (tertiary/aromatic N) is 16. The number of aromatic nitrogens is 15. The van der Waals surface area contributed by atoms with Gasteiger partial charge in [0.1, 0.15) is 22.9 Å². The van der Waals surface area contributed by atoms with E-state index in [2.05, 4.69) is 86.4 Å². The quantitative estimate of drug-likeness (QED) is 0.0437. The molecule has 0 radical (unpaired) electrons. The van der Waals surface area contributed by atoms with E-state index in [9.17, 15) is 14.4 Å². The maximum atomic E-state index is 12.3. The third kappa shape index (κ3) is 17.5. The maximum absolute atomic E-state index is 12.3. The highest BCUT2D eigenvalue weighted by molar-refractivity contribution is 5.71. The molecule has 0 amide bonds. The van der Waals surface area contributed by atoms with Gasteiger partial charge in [0.05, 0.1) is 72.4 Å². The fraction of sp³-hybridized carbons (Fsp3) is 0.311. The SMILES string of the molecule is CCC(C)n1cc(-c2cnc(C)c(-c3nnc(-c4ccc(CNC)cc4OC)o3)n2)ccc1=O.CNCc1ccc(-c2nnc(-c3nc(-c4ccc(=O)n(CC(C)C)c4)cnc3C)o2)c(OC)c1.CNCc1ccc(-c2nnc(-c3nc(-c4ccc(=O)n(CCN(C)C)c4)cnc3N)o2)c(C)c1.[HH].[HH]. The summed E-state index contributed by atoms with van der Waals surface area (Å²) < 4.78 is 34.1. The second-order valence-electron chi connectivity index (χ2n) is 24.9. The molecule has 9 aromatic heterocycles. The number of hydrogen-bond acceptors (Lipinski definition) is 25. The molecule has 0 aliphatic heterocycles. The molecule has 12 aromatic rings. The molecule has 0 aliphatic rings. The predicted octanol–water partition coefficient (Wildman–Crippen LogP) is 10.4. The van der Waals surface area contributed by atoms with Crippen molar-refractivity contribution in [2.45, 2.75) is 93.7 Å². The minimum Gasteiger partial charge on any atom is -0.496 e. The number of rotatable bonds is 24. The second-order valence-corrected chi connectivity index (χ2v) is 24.9. The first-order chi connectivity index (χ1) is 49.2. The minimum atomic E-state index is -0.0770. The van der Waals surface area contributed by atoms with Crippen LogP contribution >= 0.6 is 0 Å². The number of methoxy groups -OCH3 is 2. The lowest BCUT2D eigenvalue weighted by Crippen LogP contribution is -2.25. The molecular weight excluding hydrogens is 1300 g/mol. The molecule has 28 heteroatoms. The molecule has 5 N–H and O–H groups in total. The standard InChI is InChI=1S/2C25H28N6O3.C24H28N8O2.2H2/c1-15(2)13-31-14-18(7-9-22(31)32)20-12-27-16(3)23(28-20)25-30-29-24(34-25)19-8-6-17(11-26-4)10-21(19)33-5;1-6-15(2)31-14-18(8-10-22(31)32)20-13-27-16(3)23(28-20)25-30-29-24(34-25)19-9-7-17(12-26-4)11-21(19)33-5;1-15-11-16(12-26-2)5-7-18(15)23-29-30-24(34-23)21-22(25)27-13-19(28-21)17-6-8-20(33)32(14-17)10-9-31(3)4;;/h6-10,12,14-15,26H,11,13H2,1-5H3;7-11,13-15,26H,6,12H2,1-5H3;5-8,11,13-14,26H,9-10,12H2,1-4H3,(H2,25,27);2*1H. The maximum Gasteiger partial charge on any atom is 0.270 e. The second kappa shape index (κ2) is 33.5. The molecule has 0 bridgehead atoms. The Kier molecular flexibility index (Phi) is 24.0. The molecular formula is C74H88N20O8. The molecule has 9 heterocycles. The van der Waals surface area contributed by atoms with Crippen LogP contribution in [0.15, 0.2) is 156 Å². The summed E-state index contributed by atoms with van der Waals surface area (Å²) in [6.45, 7) is 18.0. The van der Waals surface area contributed by atoms with Gasteiger partial charge in [0, 0.05) is 107 Å². The van der Waals surface area contributed by atoms with Crippen molar-refractivity contribution in [2.24, 2.45) is 5.92 Å². The van der Waals surface area contributed by atoms with Gasteiger partial charge in [0.15, 0.2) is 11.5 Å². The van der Waals surface area contributed by atoms with Crippen molar-refractivity contribution in [3.05, 3.63) is 193 Å². The van der Waals surface area contributed by atoms with Crippen LogP contribution in [-0.4, -0.2) is 135 Å². The van der Waals surface area contributed by atoms with Gasteiger partial charge in [-0.05, 0) is 146 Å². The Morgan fingerprint density at radius 1 is 0.520 bits per heavy atom. The van der Waals surface area contributed by atoms with E-state index in [1.807, 2.05) is 136 Å². The van der Waals surface area contributed by atoms with Crippen LogP contribution in [0.5, 0.6) is 11.5 Å². The Labute approximate surface area is 592 Å². The Hall–Kier alpha value is -11.6. The van der Waals surface area contributed by atoms with Crippen molar-refractivity contribution < 1.29 is 25.6 Å². The zero-order chi connectivity index (χ0) is 72.7. The Balaban J connectivity index is 0.000000196. The van der Waals surface area contributed by atoms with Crippen LogP contribution in [0.4, 0.5) is 5.82 Å². The van der Waals surface area contributed by atoms with Crippen molar-refractivity contribution in [1.29, 1.82) is 0 Å². The summed E-state index contributed by atoms with van der Waals surface area (Å²) >= 11 is 0. The number of nitrogens with two attached hydrogens (primary N) is 1. The van der Waals surface area contributed by atoms with Gasteiger partial charge < -0.3 is 63.0 Å². The fourth-order valence-electron chi connectivity index (χ4n) is 10.9. The van der Waals surface area contributed by atoms with Gasteiger partial charge in [-0.1, -0.05) is 45.0 Å². The average molecular weight is 1390 g/mol. The summed E-state index contributed by atoms with van der Waals surface area (Å²) in [4.78, 5) is 66.1. The molecule has 1 atom stereocenters. The molecule has 12 rings (SSSR count). The average Bonchev–Trinajstić information content (AvgIpc) is 1.53. The molecule has 0 saturated heterocycles. The first-order valence-corrected chi connectivity index (χ1v) is 33.2. The predicted molar refractivity (Wildman–Crippen MR) is 394 cm³/mol. The van der Waals surface area contributed by atoms with Crippen molar-refractivity contribution in [3.63, 3.8) is 0 Å². The largest absolute Gasteiger partial charge is 0.496 e. The van der Waals surface area contributed by atoms with E-state index >= 15 is 0 Å². The lowest BCUT2D eigenvalue weighted by molar-refractivity contribution is 0.381. The van der Waals surface area contributed by atoms with Gasteiger partial charge in [-0.15, -0.1) is 30.6 Å². The van der Waals surface area contributed by atoms with Gasteiger partial charge in [0.2, 0.25) is 5.89 Å². The summed E-state index contributed by atoms with van der Waals surface area (Å²) in [5, 5.41) is 34.6. The van der Waals surface area contributed by atoms with Gasteiger partial charge in [0.25, 0.3) is 46.1 Å². The van der Waals surface area contributed by atoms with Crippen molar-refractivity contribution >= 4 is 5.82 Å². The summed E-state index contributed by atoms with van der Waals surface area (Å²) in [6.07, 6.45) is 11.2. The lowest BCUT2D eigenvalue weighted by Gasteiger charge is -2.14. The van der Waals surface area contributed by atoms with Gasteiger partial charge in [-0.3, -0.25) is 24.4 Å².